The zero-order valence-electron chi connectivity index (χ0n) is 16.0. The van der Waals surface area contributed by atoms with Crippen LogP contribution in [0.4, 0.5) is 8.78 Å². The highest BCUT2D eigenvalue weighted by Gasteiger charge is 2.21. The van der Waals surface area contributed by atoms with Crippen molar-refractivity contribution in [3.05, 3.63) is 81.3 Å². The molecule has 6 heteroatoms. The van der Waals surface area contributed by atoms with Gasteiger partial charge in [0.05, 0.1) is 11.3 Å². The van der Waals surface area contributed by atoms with Gasteiger partial charge in [-0.1, -0.05) is 24.6 Å². The number of halogens is 2. The Morgan fingerprint density at radius 1 is 1.03 bits per heavy atom. The smallest absolute Gasteiger partial charge is 0.257 e. The average molecular weight is 396 g/mol. The van der Waals surface area contributed by atoms with E-state index in [9.17, 15) is 18.7 Å². The van der Waals surface area contributed by atoms with Crippen LogP contribution < -0.4 is 5.56 Å². The Morgan fingerprint density at radius 3 is 2.66 bits per heavy atom. The van der Waals surface area contributed by atoms with Crippen LogP contribution in [0.5, 0.6) is 5.75 Å². The van der Waals surface area contributed by atoms with Gasteiger partial charge in [-0.05, 0) is 61.9 Å². The first-order valence-corrected chi connectivity index (χ1v) is 9.89. The average Bonchev–Trinajstić information content (AvgIpc) is 2.95. The van der Waals surface area contributed by atoms with E-state index in [2.05, 4.69) is 0 Å². The molecule has 0 bridgehead atoms. The lowest BCUT2D eigenvalue weighted by molar-refractivity contribution is 0.433. The van der Waals surface area contributed by atoms with Crippen molar-refractivity contribution in [1.82, 2.24) is 9.55 Å². The van der Waals surface area contributed by atoms with E-state index in [1.807, 2.05) is 0 Å². The Kier molecular flexibility index (Phi) is 5.43. The molecule has 1 aliphatic rings. The molecule has 0 spiro atoms. The largest absolute Gasteiger partial charge is 0.504 e. The van der Waals surface area contributed by atoms with Gasteiger partial charge in [-0.15, -0.1) is 0 Å². The second-order valence-electron chi connectivity index (χ2n) is 7.39. The van der Waals surface area contributed by atoms with Crippen LogP contribution in [0.3, 0.4) is 0 Å². The Hall–Kier alpha value is -3.02. The zero-order chi connectivity index (χ0) is 20.4. The fourth-order valence-corrected chi connectivity index (χ4v) is 3.91. The first kappa shape index (κ1) is 19.3. The molecule has 0 saturated carbocycles. The van der Waals surface area contributed by atoms with Gasteiger partial charge in [0, 0.05) is 12.1 Å². The van der Waals surface area contributed by atoms with Crippen molar-refractivity contribution in [2.75, 3.05) is 0 Å². The molecule has 4 nitrogen and oxygen atoms in total. The summed E-state index contributed by atoms with van der Waals surface area (Å²) in [6.45, 7) is 0.258. The molecule has 1 aromatic heterocycles. The van der Waals surface area contributed by atoms with Gasteiger partial charge in [-0.3, -0.25) is 9.36 Å². The van der Waals surface area contributed by atoms with Crippen molar-refractivity contribution in [3.63, 3.8) is 0 Å². The third kappa shape index (κ3) is 3.92. The lowest BCUT2D eigenvalue weighted by atomic mass is 10.1. The minimum atomic E-state index is -0.761. The Morgan fingerprint density at radius 2 is 1.83 bits per heavy atom. The third-order valence-electron chi connectivity index (χ3n) is 5.43. The van der Waals surface area contributed by atoms with Crippen molar-refractivity contribution in [2.45, 2.75) is 45.1 Å². The van der Waals surface area contributed by atoms with Gasteiger partial charge in [0.2, 0.25) is 0 Å². The summed E-state index contributed by atoms with van der Waals surface area (Å²) in [5.74, 6) is -1.36. The highest BCUT2D eigenvalue weighted by molar-refractivity contribution is 5.64. The number of phenolic OH excluding ortho intramolecular Hbond substituents is 1. The molecule has 0 unspecified atom stereocenters. The summed E-state index contributed by atoms with van der Waals surface area (Å²) in [7, 11) is 0. The number of aromatic nitrogens is 2. The Balaban J connectivity index is 1.84. The molecule has 0 saturated heterocycles. The molecule has 2 aromatic carbocycles. The van der Waals surface area contributed by atoms with Crippen molar-refractivity contribution in [2.24, 2.45) is 0 Å². The summed E-state index contributed by atoms with van der Waals surface area (Å²) in [4.78, 5) is 18.0. The fourth-order valence-electron chi connectivity index (χ4n) is 3.91. The van der Waals surface area contributed by atoms with E-state index < -0.39 is 11.6 Å². The summed E-state index contributed by atoms with van der Waals surface area (Å²) in [6.07, 6.45) is 4.68. The molecular weight excluding hydrogens is 374 g/mol. The van der Waals surface area contributed by atoms with Gasteiger partial charge in [-0.2, -0.15) is 0 Å². The molecule has 1 aliphatic carbocycles. The number of aryl methyl sites for hydroxylation is 2. The van der Waals surface area contributed by atoms with Crippen LogP contribution in [0.1, 0.15) is 36.1 Å². The summed E-state index contributed by atoms with van der Waals surface area (Å²) >= 11 is 0. The third-order valence-corrected chi connectivity index (χ3v) is 5.43. The van der Waals surface area contributed by atoms with E-state index in [-0.39, 0.29) is 29.3 Å². The second kappa shape index (κ2) is 8.15. The molecule has 1 N–H and O–H groups in total. The van der Waals surface area contributed by atoms with Crippen molar-refractivity contribution in [1.29, 1.82) is 0 Å². The van der Waals surface area contributed by atoms with Gasteiger partial charge in [0.25, 0.3) is 5.56 Å². The Bertz CT molecular complexity index is 1110. The molecule has 4 rings (SSSR count). The lowest BCUT2D eigenvalue weighted by Crippen LogP contribution is -2.29. The van der Waals surface area contributed by atoms with Gasteiger partial charge < -0.3 is 5.11 Å². The van der Waals surface area contributed by atoms with Gasteiger partial charge in [0.15, 0.2) is 11.6 Å². The Labute approximate surface area is 167 Å². The summed E-state index contributed by atoms with van der Waals surface area (Å²) in [5.41, 5.74) is 2.20. The van der Waals surface area contributed by atoms with Crippen molar-refractivity contribution >= 4 is 0 Å². The predicted octanol–water partition coefficient (Wildman–Crippen LogP) is 4.41. The number of fused-ring (bicyclic) bond motifs is 1. The fraction of sp³-hybridized carbons (Fsp3) is 0.304. The number of benzene rings is 2. The number of nitrogens with zero attached hydrogens (tertiary/aromatic N) is 2. The van der Waals surface area contributed by atoms with Crippen LogP contribution in [0.2, 0.25) is 0 Å². The molecule has 0 aliphatic heterocycles. The summed E-state index contributed by atoms with van der Waals surface area (Å²) in [6, 6.07) is 10.4. The van der Waals surface area contributed by atoms with Gasteiger partial charge in [0.1, 0.15) is 11.6 Å². The molecule has 0 amide bonds. The number of rotatable bonds is 4. The molecule has 0 fully saturated rings. The number of hydrogen-bond donors (Lipinski definition) is 1. The standard InChI is InChI=1S/C23H22F2N2O2/c24-16-7-4-6-15(14-16)12-13-27-22(18-9-5-10-19(25)21(18)28)26-20-11-3-1-2-8-17(20)23(27)29/h4-7,9-10,14,28H,1-3,8,11-13H2. The van der Waals surface area contributed by atoms with Gasteiger partial charge in [-0.25, -0.2) is 13.8 Å². The molecule has 29 heavy (non-hydrogen) atoms. The van der Waals surface area contributed by atoms with E-state index in [4.69, 9.17) is 4.98 Å². The molecular formula is C23H22F2N2O2. The minimum Gasteiger partial charge on any atom is -0.504 e. The number of aromatic hydroxyl groups is 1. The normalized spacial score (nSPS) is 13.7. The maximum Gasteiger partial charge on any atom is 0.257 e. The second-order valence-corrected chi connectivity index (χ2v) is 7.39. The van der Waals surface area contributed by atoms with Crippen LogP contribution in [-0.2, 0) is 25.8 Å². The van der Waals surface area contributed by atoms with Crippen molar-refractivity contribution in [3.8, 4) is 17.1 Å². The van der Waals surface area contributed by atoms with E-state index in [0.717, 1.165) is 36.6 Å². The number of para-hydroxylation sites is 1. The number of hydrogen-bond acceptors (Lipinski definition) is 3. The van der Waals surface area contributed by atoms with Gasteiger partial charge >= 0.3 is 0 Å². The topological polar surface area (TPSA) is 55.1 Å². The molecule has 150 valence electrons. The van der Waals surface area contributed by atoms with E-state index >= 15 is 0 Å². The first-order valence-electron chi connectivity index (χ1n) is 9.89. The predicted molar refractivity (Wildman–Crippen MR) is 107 cm³/mol. The van der Waals surface area contributed by atoms with Crippen LogP contribution in [-0.4, -0.2) is 14.7 Å². The number of phenols is 1. The van der Waals surface area contributed by atoms with Crippen LogP contribution in [0.15, 0.2) is 47.3 Å². The maximum atomic E-state index is 14.0. The van der Waals surface area contributed by atoms with Crippen LogP contribution in [0.25, 0.3) is 11.4 Å². The van der Waals surface area contributed by atoms with E-state index in [0.29, 0.717) is 24.8 Å². The first-order chi connectivity index (χ1) is 14.0. The SMILES string of the molecule is O=c1c2c(nc(-c3cccc(F)c3O)n1CCc1cccc(F)c1)CCCCC2. The quantitative estimate of drug-likeness (QED) is 0.665. The summed E-state index contributed by atoms with van der Waals surface area (Å²) < 4.78 is 29.0. The molecule has 3 aromatic rings. The van der Waals surface area contributed by atoms with E-state index in [1.54, 1.807) is 18.2 Å². The highest BCUT2D eigenvalue weighted by Crippen LogP contribution is 2.31. The van der Waals surface area contributed by atoms with Crippen molar-refractivity contribution < 1.29 is 13.9 Å². The summed E-state index contributed by atoms with van der Waals surface area (Å²) in [5, 5.41) is 10.3. The maximum absolute atomic E-state index is 14.0. The van der Waals surface area contributed by atoms with Crippen LogP contribution >= 0.6 is 0 Å². The molecule has 0 radical (unpaired) electrons. The molecule has 0 atom stereocenters. The highest BCUT2D eigenvalue weighted by atomic mass is 19.1. The minimum absolute atomic E-state index is 0.160. The van der Waals surface area contributed by atoms with E-state index in [1.165, 1.54) is 22.8 Å². The monoisotopic (exact) mass is 396 g/mol. The molecule has 1 heterocycles. The zero-order valence-corrected chi connectivity index (χ0v) is 16.0. The van der Waals surface area contributed by atoms with Crippen LogP contribution in [0, 0.1) is 11.6 Å². The lowest BCUT2D eigenvalue weighted by Gasteiger charge is -2.17.